The molecule has 2 aromatic carbocycles. The number of hydrogen-bond donors (Lipinski definition) is 3. The molecular weight excluding hydrogens is 409 g/mol. The van der Waals surface area contributed by atoms with Gasteiger partial charge in [-0.1, -0.05) is 12.1 Å². The molecule has 2 rings (SSSR count). The molecule has 9 heteroatoms. The zero-order chi connectivity index (χ0) is 19.1. The van der Waals surface area contributed by atoms with Crippen LogP contribution < -0.4 is 15.5 Å². The number of amides is 2. The Morgan fingerprint density at radius 3 is 2.73 bits per heavy atom. The van der Waals surface area contributed by atoms with Crippen molar-refractivity contribution >= 4 is 39.6 Å². The molecule has 0 heterocycles. The number of halogens is 2. The monoisotopic (exact) mass is 423 g/mol. The predicted molar refractivity (Wildman–Crippen MR) is 97.7 cm³/mol. The first-order chi connectivity index (χ1) is 12.4. The Balaban J connectivity index is 1.90. The molecule has 0 unspecified atom stereocenters. The number of hydrogen-bond acceptors (Lipinski definition) is 5. The molecule has 0 atom stereocenters. The Hall–Kier alpha value is -2.94. The van der Waals surface area contributed by atoms with Gasteiger partial charge >= 0.3 is 0 Å². The van der Waals surface area contributed by atoms with Crippen molar-refractivity contribution in [3.63, 3.8) is 0 Å². The average Bonchev–Trinajstić information content (AvgIpc) is 2.59. The van der Waals surface area contributed by atoms with Crippen LogP contribution in [-0.2, 0) is 9.59 Å². The molecular formula is C17H15BrFN3O4. The molecule has 0 aliphatic rings. The first kappa shape index (κ1) is 19.4. The Morgan fingerprint density at radius 2 is 2.04 bits per heavy atom. The number of aromatic hydroxyl groups is 1. The lowest BCUT2D eigenvalue weighted by Gasteiger charge is -2.06. The highest BCUT2D eigenvalue weighted by Crippen LogP contribution is 2.34. The minimum absolute atomic E-state index is 0.00478. The number of phenols is 1. The standard InChI is InChI=1S/C17H15BrFN3O4/c1-26-14-7-10(6-11(18)17(14)25)9-20-22-16(24)8-15(23)21-13-5-3-2-4-12(13)19/h2-7,9,25H,8H2,1H3,(H,21,23)(H,22,24)/b20-9+. The van der Waals surface area contributed by atoms with Crippen LogP contribution in [-0.4, -0.2) is 30.2 Å². The van der Waals surface area contributed by atoms with Crippen molar-refractivity contribution in [1.82, 2.24) is 5.43 Å². The molecule has 0 radical (unpaired) electrons. The highest BCUT2D eigenvalue weighted by Gasteiger charge is 2.11. The summed E-state index contributed by atoms with van der Waals surface area (Å²) in [6.07, 6.45) is 0.799. The Bertz CT molecular complexity index is 858. The molecule has 0 bridgehead atoms. The average molecular weight is 424 g/mol. The fourth-order valence-electron chi connectivity index (χ4n) is 1.95. The number of anilines is 1. The van der Waals surface area contributed by atoms with E-state index in [0.29, 0.717) is 10.0 Å². The number of hydrazone groups is 1. The number of phenolic OH excluding ortho intramolecular Hbond substituents is 1. The normalized spacial score (nSPS) is 10.6. The number of methoxy groups -OCH3 is 1. The maximum Gasteiger partial charge on any atom is 0.249 e. The summed E-state index contributed by atoms with van der Waals surface area (Å²) >= 11 is 3.17. The van der Waals surface area contributed by atoms with E-state index in [1.165, 1.54) is 37.6 Å². The van der Waals surface area contributed by atoms with E-state index in [0.717, 1.165) is 0 Å². The van der Waals surface area contributed by atoms with E-state index < -0.39 is 24.1 Å². The van der Waals surface area contributed by atoms with Gasteiger partial charge < -0.3 is 15.2 Å². The van der Waals surface area contributed by atoms with Crippen molar-refractivity contribution in [1.29, 1.82) is 0 Å². The molecule has 2 amide bonds. The zero-order valence-corrected chi connectivity index (χ0v) is 15.2. The van der Waals surface area contributed by atoms with Crippen molar-refractivity contribution in [2.24, 2.45) is 5.10 Å². The molecule has 0 saturated heterocycles. The van der Waals surface area contributed by atoms with Crippen molar-refractivity contribution in [2.45, 2.75) is 6.42 Å². The zero-order valence-electron chi connectivity index (χ0n) is 13.6. The molecule has 0 aromatic heterocycles. The third-order valence-electron chi connectivity index (χ3n) is 3.14. The molecule has 0 saturated carbocycles. The number of ether oxygens (including phenoxy) is 1. The molecule has 3 N–H and O–H groups in total. The first-order valence-electron chi connectivity index (χ1n) is 7.33. The molecule has 0 spiro atoms. The number of benzene rings is 2. The SMILES string of the molecule is COc1cc(/C=N/NC(=O)CC(=O)Nc2ccccc2F)cc(Br)c1O. The summed E-state index contributed by atoms with van der Waals surface area (Å²) in [5.74, 6) is -1.75. The van der Waals surface area contributed by atoms with Crippen LogP contribution in [0.15, 0.2) is 46.0 Å². The highest BCUT2D eigenvalue weighted by atomic mass is 79.9. The molecule has 136 valence electrons. The van der Waals surface area contributed by atoms with Gasteiger partial charge in [-0.05, 0) is 45.8 Å². The van der Waals surface area contributed by atoms with Gasteiger partial charge in [-0.15, -0.1) is 0 Å². The van der Waals surface area contributed by atoms with Gasteiger partial charge in [0.15, 0.2) is 11.5 Å². The molecule has 2 aromatic rings. The van der Waals surface area contributed by atoms with E-state index in [-0.39, 0.29) is 17.2 Å². The molecule has 0 aliphatic carbocycles. The summed E-state index contributed by atoms with van der Waals surface area (Å²) in [4.78, 5) is 23.4. The van der Waals surface area contributed by atoms with E-state index in [1.54, 1.807) is 12.1 Å². The van der Waals surface area contributed by atoms with Crippen LogP contribution >= 0.6 is 15.9 Å². The van der Waals surface area contributed by atoms with Crippen molar-refractivity contribution in [2.75, 3.05) is 12.4 Å². The van der Waals surface area contributed by atoms with Gasteiger partial charge in [-0.3, -0.25) is 9.59 Å². The largest absolute Gasteiger partial charge is 0.503 e. The molecule has 26 heavy (non-hydrogen) atoms. The van der Waals surface area contributed by atoms with Crippen LogP contribution in [0.25, 0.3) is 0 Å². The van der Waals surface area contributed by atoms with Crippen molar-refractivity contribution < 1.29 is 23.8 Å². The molecule has 0 fully saturated rings. The van der Waals surface area contributed by atoms with Gasteiger partial charge in [0.25, 0.3) is 0 Å². The second kappa shape index (κ2) is 8.95. The van der Waals surface area contributed by atoms with E-state index in [2.05, 4.69) is 31.8 Å². The maximum atomic E-state index is 13.4. The fourth-order valence-corrected chi connectivity index (χ4v) is 2.40. The molecule has 0 aliphatic heterocycles. The van der Waals surface area contributed by atoms with Gasteiger partial charge in [-0.25, -0.2) is 9.82 Å². The fraction of sp³-hybridized carbons (Fsp3) is 0.118. The Morgan fingerprint density at radius 1 is 1.31 bits per heavy atom. The summed E-state index contributed by atoms with van der Waals surface area (Å²) in [5.41, 5.74) is 2.73. The smallest absolute Gasteiger partial charge is 0.249 e. The van der Waals surface area contributed by atoms with Gasteiger partial charge in [-0.2, -0.15) is 5.10 Å². The summed E-state index contributed by atoms with van der Waals surface area (Å²) < 4.78 is 18.8. The number of nitrogens with zero attached hydrogens (tertiary/aromatic N) is 1. The lowest BCUT2D eigenvalue weighted by atomic mass is 10.2. The number of carbonyl (C=O) groups is 2. The highest BCUT2D eigenvalue weighted by molar-refractivity contribution is 9.10. The van der Waals surface area contributed by atoms with Gasteiger partial charge in [0.1, 0.15) is 12.2 Å². The number of rotatable bonds is 6. The third kappa shape index (κ3) is 5.28. The van der Waals surface area contributed by atoms with E-state index >= 15 is 0 Å². The quantitative estimate of drug-likeness (QED) is 0.377. The lowest BCUT2D eigenvalue weighted by molar-refractivity contribution is -0.126. The Kier molecular flexibility index (Phi) is 6.67. The maximum absolute atomic E-state index is 13.4. The number of para-hydroxylation sites is 1. The third-order valence-corrected chi connectivity index (χ3v) is 3.75. The minimum atomic E-state index is -0.670. The van der Waals surface area contributed by atoms with Crippen LogP contribution in [0.5, 0.6) is 11.5 Å². The van der Waals surface area contributed by atoms with Crippen molar-refractivity contribution in [3.05, 3.63) is 52.3 Å². The van der Waals surface area contributed by atoms with E-state index in [4.69, 9.17) is 4.74 Å². The van der Waals surface area contributed by atoms with Crippen LogP contribution in [0.3, 0.4) is 0 Å². The van der Waals surface area contributed by atoms with Gasteiger partial charge in [0.2, 0.25) is 11.8 Å². The summed E-state index contributed by atoms with van der Waals surface area (Å²) in [5, 5.41) is 15.7. The van der Waals surface area contributed by atoms with Crippen LogP contribution in [0, 0.1) is 5.82 Å². The van der Waals surface area contributed by atoms with E-state index in [1.807, 2.05) is 0 Å². The predicted octanol–water partition coefficient (Wildman–Crippen LogP) is 2.78. The molecule has 7 nitrogen and oxygen atoms in total. The summed E-state index contributed by atoms with van der Waals surface area (Å²) in [6, 6.07) is 8.72. The van der Waals surface area contributed by atoms with Crippen LogP contribution in [0.1, 0.15) is 12.0 Å². The summed E-state index contributed by atoms with van der Waals surface area (Å²) in [7, 11) is 1.40. The second-order valence-electron chi connectivity index (χ2n) is 5.05. The van der Waals surface area contributed by atoms with Gasteiger partial charge in [0.05, 0.1) is 23.5 Å². The second-order valence-corrected chi connectivity index (χ2v) is 5.91. The van der Waals surface area contributed by atoms with Gasteiger partial charge in [0, 0.05) is 0 Å². The lowest BCUT2D eigenvalue weighted by Crippen LogP contribution is -2.24. The minimum Gasteiger partial charge on any atom is -0.503 e. The topological polar surface area (TPSA) is 100 Å². The van der Waals surface area contributed by atoms with Crippen LogP contribution in [0.4, 0.5) is 10.1 Å². The number of nitrogens with one attached hydrogen (secondary N) is 2. The van der Waals surface area contributed by atoms with E-state index in [9.17, 15) is 19.1 Å². The van der Waals surface area contributed by atoms with Crippen molar-refractivity contribution in [3.8, 4) is 11.5 Å². The van der Waals surface area contributed by atoms with Crippen LogP contribution in [0.2, 0.25) is 0 Å². The summed E-state index contributed by atoms with van der Waals surface area (Å²) in [6.45, 7) is 0. The number of carbonyl (C=O) groups excluding carboxylic acids is 2. The Labute approximate surface area is 157 Å². The first-order valence-corrected chi connectivity index (χ1v) is 8.12.